The smallest absolute Gasteiger partial charge is 0.267 e. The predicted octanol–water partition coefficient (Wildman–Crippen LogP) is 3.56. The number of anilines is 1. The molecule has 4 rings (SSSR count). The van der Waals surface area contributed by atoms with Crippen LogP contribution in [0.4, 0.5) is 5.82 Å². The molecule has 0 unspecified atom stereocenters. The molecule has 32 heavy (non-hydrogen) atoms. The summed E-state index contributed by atoms with van der Waals surface area (Å²) in [5.41, 5.74) is 0.871. The quantitative estimate of drug-likeness (QED) is 0.347. The maximum Gasteiger partial charge on any atom is 0.267 e. The predicted molar refractivity (Wildman–Crippen MR) is 133 cm³/mol. The largest absolute Gasteiger partial charge is 0.382 e. The monoisotopic (exact) mass is 472 g/mol. The van der Waals surface area contributed by atoms with Gasteiger partial charge in [-0.2, -0.15) is 0 Å². The molecule has 0 aromatic carbocycles. The van der Waals surface area contributed by atoms with E-state index in [1.807, 2.05) is 19.1 Å². The standard InChI is InChI=1S/C23H28N4O3S2/c1-3-30-14-6-11-27-22(29)18(32-23(27)31)15-17-20(25-12-8-16(2)9-13-25)24-19-7-4-5-10-26(19)21(17)28/h4-5,7,10,15-16H,3,6,8-9,11-14H2,1-2H3. The minimum absolute atomic E-state index is 0.160. The number of carbonyl (C=O) groups is 1. The molecule has 2 aromatic heterocycles. The molecule has 0 bridgehead atoms. The van der Waals surface area contributed by atoms with Gasteiger partial charge in [0.05, 0.1) is 10.5 Å². The van der Waals surface area contributed by atoms with Crippen molar-refractivity contribution in [3.8, 4) is 0 Å². The molecule has 2 aromatic rings. The summed E-state index contributed by atoms with van der Waals surface area (Å²) in [5, 5.41) is 0. The first kappa shape index (κ1) is 22.9. The molecule has 170 valence electrons. The second kappa shape index (κ2) is 10.1. The molecule has 7 nitrogen and oxygen atoms in total. The zero-order valence-corrected chi connectivity index (χ0v) is 20.1. The van der Waals surface area contributed by atoms with Crippen LogP contribution in [0.15, 0.2) is 34.1 Å². The second-order valence-electron chi connectivity index (χ2n) is 8.14. The average molecular weight is 473 g/mol. The Kier molecular flexibility index (Phi) is 7.27. The van der Waals surface area contributed by atoms with Gasteiger partial charge in [0.1, 0.15) is 15.8 Å². The highest BCUT2D eigenvalue weighted by Gasteiger charge is 2.32. The van der Waals surface area contributed by atoms with Gasteiger partial charge in [0, 0.05) is 39.0 Å². The number of rotatable bonds is 7. The number of pyridine rings is 1. The summed E-state index contributed by atoms with van der Waals surface area (Å²) < 4.78 is 7.42. The highest BCUT2D eigenvalue weighted by molar-refractivity contribution is 8.26. The highest BCUT2D eigenvalue weighted by Crippen LogP contribution is 2.34. The fourth-order valence-electron chi connectivity index (χ4n) is 3.97. The third-order valence-electron chi connectivity index (χ3n) is 5.86. The Morgan fingerprint density at radius 3 is 2.81 bits per heavy atom. The van der Waals surface area contributed by atoms with Gasteiger partial charge in [-0.25, -0.2) is 4.98 Å². The molecule has 0 spiro atoms. The van der Waals surface area contributed by atoms with Crippen LogP contribution in [0, 0.1) is 5.92 Å². The molecular weight excluding hydrogens is 444 g/mol. The molecule has 1 amide bonds. The molecule has 2 aliphatic rings. The van der Waals surface area contributed by atoms with Crippen LogP contribution in [0.5, 0.6) is 0 Å². The third kappa shape index (κ3) is 4.74. The number of fused-ring (bicyclic) bond motifs is 1. The number of hydrogen-bond acceptors (Lipinski definition) is 7. The molecule has 0 radical (unpaired) electrons. The Morgan fingerprint density at radius 1 is 1.28 bits per heavy atom. The van der Waals surface area contributed by atoms with Gasteiger partial charge in [-0.3, -0.25) is 18.9 Å². The summed E-state index contributed by atoms with van der Waals surface area (Å²) in [5.74, 6) is 1.14. The minimum Gasteiger partial charge on any atom is -0.382 e. The maximum absolute atomic E-state index is 13.4. The summed E-state index contributed by atoms with van der Waals surface area (Å²) in [6.07, 6.45) is 6.21. The number of hydrogen-bond donors (Lipinski definition) is 0. The third-order valence-corrected chi connectivity index (χ3v) is 7.23. The summed E-state index contributed by atoms with van der Waals surface area (Å²) in [6.45, 7) is 7.62. The summed E-state index contributed by atoms with van der Waals surface area (Å²) in [7, 11) is 0. The molecule has 4 heterocycles. The van der Waals surface area contributed by atoms with Crippen molar-refractivity contribution in [2.75, 3.05) is 37.7 Å². The fraction of sp³-hybridized carbons (Fsp3) is 0.478. The molecule has 2 aliphatic heterocycles. The normalized spacial score (nSPS) is 19.0. The van der Waals surface area contributed by atoms with Gasteiger partial charge in [-0.05, 0) is 50.3 Å². The van der Waals surface area contributed by atoms with Gasteiger partial charge >= 0.3 is 0 Å². The number of aromatic nitrogens is 2. The lowest BCUT2D eigenvalue weighted by atomic mass is 9.99. The molecular formula is C23H28N4O3S2. The van der Waals surface area contributed by atoms with Crippen molar-refractivity contribution in [2.24, 2.45) is 5.92 Å². The van der Waals surface area contributed by atoms with Gasteiger partial charge in [-0.1, -0.05) is 37.0 Å². The van der Waals surface area contributed by atoms with Gasteiger partial charge in [0.25, 0.3) is 11.5 Å². The van der Waals surface area contributed by atoms with E-state index < -0.39 is 0 Å². The van der Waals surface area contributed by atoms with E-state index in [9.17, 15) is 9.59 Å². The SMILES string of the molecule is CCOCCCN1C(=O)C(=Cc2c(N3CCC(C)CC3)nc3ccccn3c2=O)SC1=S. The van der Waals surface area contributed by atoms with E-state index >= 15 is 0 Å². The van der Waals surface area contributed by atoms with Crippen molar-refractivity contribution in [3.63, 3.8) is 0 Å². The molecule has 0 aliphatic carbocycles. The number of amides is 1. The van der Waals surface area contributed by atoms with Crippen LogP contribution in [0.3, 0.4) is 0 Å². The first-order valence-corrected chi connectivity index (χ1v) is 12.3. The van der Waals surface area contributed by atoms with Gasteiger partial charge in [0.15, 0.2) is 0 Å². The van der Waals surface area contributed by atoms with Crippen molar-refractivity contribution >= 4 is 51.7 Å². The fourth-order valence-corrected chi connectivity index (χ4v) is 5.26. The van der Waals surface area contributed by atoms with Crippen molar-refractivity contribution in [2.45, 2.75) is 33.1 Å². The molecule has 0 saturated carbocycles. The Hall–Kier alpha value is -2.23. The lowest BCUT2D eigenvalue weighted by molar-refractivity contribution is -0.122. The van der Waals surface area contributed by atoms with Crippen molar-refractivity contribution in [3.05, 3.63) is 45.2 Å². The molecule has 2 saturated heterocycles. The topological polar surface area (TPSA) is 67.2 Å². The summed E-state index contributed by atoms with van der Waals surface area (Å²) in [6, 6.07) is 5.51. The van der Waals surface area contributed by atoms with Crippen LogP contribution < -0.4 is 10.5 Å². The van der Waals surface area contributed by atoms with E-state index in [1.165, 1.54) is 16.2 Å². The van der Waals surface area contributed by atoms with Crippen LogP contribution in [-0.2, 0) is 9.53 Å². The molecule has 2 fully saturated rings. The number of nitrogens with zero attached hydrogens (tertiary/aromatic N) is 4. The molecule has 9 heteroatoms. The Bertz CT molecular complexity index is 1110. The maximum atomic E-state index is 13.4. The van der Waals surface area contributed by atoms with Crippen molar-refractivity contribution in [1.82, 2.24) is 14.3 Å². The van der Waals surface area contributed by atoms with Crippen LogP contribution in [0.2, 0.25) is 0 Å². The van der Waals surface area contributed by atoms with Gasteiger partial charge in [0.2, 0.25) is 0 Å². The number of thiocarbonyl (C=S) groups is 1. The summed E-state index contributed by atoms with van der Waals surface area (Å²) in [4.78, 5) is 35.5. The number of thioether (sulfide) groups is 1. The van der Waals surface area contributed by atoms with Crippen LogP contribution in [-0.4, -0.2) is 57.4 Å². The first-order valence-electron chi connectivity index (χ1n) is 11.1. The van der Waals surface area contributed by atoms with E-state index in [0.29, 0.717) is 58.4 Å². The number of ether oxygens (including phenoxy) is 1. The summed E-state index contributed by atoms with van der Waals surface area (Å²) >= 11 is 6.69. The molecule has 0 N–H and O–H groups in total. The van der Waals surface area contributed by atoms with Gasteiger partial charge in [-0.15, -0.1) is 0 Å². The first-order chi connectivity index (χ1) is 15.5. The Morgan fingerprint density at radius 2 is 2.06 bits per heavy atom. The average Bonchev–Trinajstić information content (AvgIpc) is 3.06. The Labute approximate surface area is 197 Å². The van der Waals surface area contributed by atoms with E-state index in [4.69, 9.17) is 21.9 Å². The van der Waals surface area contributed by atoms with Crippen LogP contribution in [0.25, 0.3) is 11.7 Å². The van der Waals surface area contributed by atoms with E-state index in [0.717, 1.165) is 25.9 Å². The number of piperidine rings is 1. The molecule has 0 atom stereocenters. The van der Waals surface area contributed by atoms with Crippen molar-refractivity contribution < 1.29 is 9.53 Å². The van der Waals surface area contributed by atoms with E-state index in [2.05, 4.69) is 11.8 Å². The Balaban J connectivity index is 1.70. The van der Waals surface area contributed by atoms with Crippen molar-refractivity contribution in [1.29, 1.82) is 0 Å². The van der Waals surface area contributed by atoms with E-state index in [1.54, 1.807) is 23.2 Å². The lowest BCUT2D eigenvalue weighted by Gasteiger charge is -2.32. The van der Waals surface area contributed by atoms with Gasteiger partial charge < -0.3 is 9.64 Å². The van der Waals surface area contributed by atoms with Crippen LogP contribution >= 0.6 is 24.0 Å². The minimum atomic E-state index is -0.175. The van der Waals surface area contributed by atoms with Crippen LogP contribution in [0.1, 0.15) is 38.7 Å². The zero-order valence-electron chi connectivity index (χ0n) is 18.5. The highest BCUT2D eigenvalue weighted by atomic mass is 32.2. The second-order valence-corrected chi connectivity index (χ2v) is 9.81. The number of carbonyl (C=O) groups excluding carboxylic acids is 1. The van der Waals surface area contributed by atoms with E-state index in [-0.39, 0.29) is 11.5 Å². The zero-order chi connectivity index (χ0) is 22.7. The lowest BCUT2D eigenvalue weighted by Crippen LogP contribution is -2.36.